The second-order valence-electron chi connectivity index (χ2n) is 6.20. The van der Waals surface area contributed by atoms with Crippen LogP contribution < -0.4 is 10.9 Å². The van der Waals surface area contributed by atoms with Gasteiger partial charge in [0.05, 0.1) is 5.56 Å². The molecule has 1 aliphatic carbocycles. The summed E-state index contributed by atoms with van der Waals surface area (Å²) in [5.41, 5.74) is 2.97. The van der Waals surface area contributed by atoms with Gasteiger partial charge < -0.3 is 10.3 Å². The Hall–Kier alpha value is -2.34. The molecule has 25 heavy (non-hydrogen) atoms. The van der Waals surface area contributed by atoms with Crippen LogP contribution in [0, 0.1) is 0 Å². The van der Waals surface area contributed by atoms with Crippen LogP contribution >= 0.6 is 11.8 Å². The third-order valence-corrected chi connectivity index (χ3v) is 5.41. The zero-order chi connectivity index (χ0) is 17.4. The molecule has 5 nitrogen and oxygen atoms in total. The van der Waals surface area contributed by atoms with Gasteiger partial charge in [-0.25, -0.2) is 4.98 Å². The van der Waals surface area contributed by atoms with Crippen molar-refractivity contribution >= 4 is 23.4 Å². The number of hydrogen-bond donors (Lipinski definition) is 2. The summed E-state index contributed by atoms with van der Waals surface area (Å²) < 4.78 is 0. The average molecular weight is 353 g/mol. The number of ketones is 1. The molecule has 1 aromatic heterocycles. The van der Waals surface area contributed by atoms with Crippen LogP contribution in [0.2, 0.25) is 0 Å². The quantitative estimate of drug-likeness (QED) is 0.653. The first-order valence-corrected chi connectivity index (χ1v) is 9.52. The van der Waals surface area contributed by atoms with Crippen molar-refractivity contribution in [3.8, 4) is 0 Å². The summed E-state index contributed by atoms with van der Waals surface area (Å²) in [6.45, 7) is 2.02. The van der Waals surface area contributed by atoms with Crippen molar-refractivity contribution in [3.63, 3.8) is 0 Å². The standard InChI is InChI=1S/C19H19N3O2S/c1-2-25-19-21-17-16(18(24)22-19)14(11-7-4-3-5-8-11)15-12(20-17)9-6-10-13(15)23/h3-5,7-8,14H,2,6,9-10H2,1H3,(H2,20,21,22,24)/t14-/m1/s1. The fourth-order valence-electron chi connectivity index (χ4n) is 3.62. The lowest BCUT2D eigenvalue weighted by molar-refractivity contribution is -0.116. The number of nitrogens with one attached hydrogen (secondary N) is 2. The van der Waals surface area contributed by atoms with Gasteiger partial charge in [0.25, 0.3) is 5.56 Å². The lowest BCUT2D eigenvalue weighted by Crippen LogP contribution is -2.32. The van der Waals surface area contributed by atoms with E-state index in [4.69, 9.17) is 0 Å². The maximum atomic E-state index is 12.8. The molecule has 1 atom stereocenters. The smallest absolute Gasteiger partial charge is 0.257 e. The topological polar surface area (TPSA) is 74.8 Å². The Morgan fingerprint density at radius 3 is 2.76 bits per heavy atom. The molecule has 2 N–H and O–H groups in total. The number of thioether (sulfide) groups is 1. The molecule has 0 fully saturated rings. The van der Waals surface area contributed by atoms with Gasteiger partial charge in [-0.3, -0.25) is 9.59 Å². The zero-order valence-electron chi connectivity index (χ0n) is 14.0. The van der Waals surface area contributed by atoms with Crippen molar-refractivity contribution in [1.82, 2.24) is 9.97 Å². The van der Waals surface area contributed by atoms with E-state index in [2.05, 4.69) is 15.3 Å². The van der Waals surface area contributed by atoms with Gasteiger partial charge in [0.2, 0.25) is 0 Å². The molecule has 4 rings (SSSR count). The van der Waals surface area contributed by atoms with Crippen molar-refractivity contribution in [2.75, 3.05) is 11.1 Å². The molecule has 0 unspecified atom stereocenters. The first kappa shape index (κ1) is 16.1. The normalized spacial score (nSPS) is 19.2. The number of carbonyl (C=O) groups is 1. The molecular formula is C19H19N3O2S. The van der Waals surface area contributed by atoms with Gasteiger partial charge in [-0.2, -0.15) is 0 Å². The summed E-state index contributed by atoms with van der Waals surface area (Å²) in [6, 6.07) is 9.76. The summed E-state index contributed by atoms with van der Waals surface area (Å²) in [5, 5.41) is 3.89. The molecule has 0 radical (unpaired) electrons. The molecule has 2 aliphatic rings. The van der Waals surface area contributed by atoms with E-state index in [-0.39, 0.29) is 17.3 Å². The van der Waals surface area contributed by atoms with E-state index in [1.165, 1.54) is 11.8 Å². The highest BCUT2D eigenvalue weighted by molar-refractivity contribution is 7.99. The number of rotatable bonds is 3. The number of H-pyrrole nitrogens is 1. The van der Waals surface area contributed by atoms with E-state index in [9.17, 15) is 9.59 Å². The van der Waals surface area contributed by atoms with Crippen LogP contribution in [0.3, 0.4) is 0 Å². The SMILES string of the molecule is CCSc1nc2c(c(=O)[nH]1)[C@H](c1ccccc1)C1=C(CCCC1=O)N2. The number of nitrogens with zero attached hydrogens (tertiary/aromatic N) is 1. The van der Waals surface area contributed by atoms with Gasteiger partial charge >= 0.3 is 0 Å². The minimum Gasteiger partial charge on any atom is -0.343 e. The van der Waals surface area contributed by atoms with E-state index in [1.807, 2.05) is 37.3 Å². The first-order valence-electron chi connectivity index (χ1n) is 8.54. The number of aromatic nitrogens is 2. The van der Waals surface area contributed by atoms with E-state index < -0.39 is 0 Å². The Bertz CT molecular complexity index is 918. The molecule has 0 saturated carbocycles. The highest BCUT2D eigenvalue weighted by atomic mass is 32.2. The third-order valence-electron chi connectivity index (χ3n) is 4.65. The summed E-state index contributed by atoms with van der Waals surface area (Å²) >= 11 is 1.50. The summed E-state index contributed by atoms with van der Waals surface area (Å²) in [4.78, 5) is 33.0. The van der Waals surface area contributed by atoms with E-state index >= 15 is 0 Å². The molecule has 0 amide bonds. The Morgan fingerprint density at radius 1 is 1.20 bits per heavy atom. The van der Waals surface area contributed by atoms with Crippen LogP contribution in [0.4, 0.5) is 5.82 Å². The Kier molecular flexibility index (Phi) is 4.21. The monoisotopic (exact) mass is 353 g/mol. The molecule has 2 aromatic rings. The molecule has 1 aromatic carbocycles. The van der Waals surface area contributed by atoms with Gasteiger partial charge in [-0.05, 0) is 24.2 Å². The summed E-state index contributed by atoms with van der Waals surface area (Å²) in [6.07, 6.45) is 2.18. The van der Waals surface area contributed by atoms with Gasteiger partial charge in [-0.1, -0.05) is 49.0 Å². The van der Waals surface area contributed by atoms with Crippen LogP contribution in [-0.2, 0) is 4.79 Å². The number of benzene rings is 1. The lowest BCUT2D eigenvalue weighted by Gasteiger charge is -2.32. The molecule has 2 heterocycles. The number of Topliss-reactive ketones (excluding diaryl/α,β-unsaturated/α-hetero) is 1. The lowest BCUT2D eigenvalue weighted by atomic mass is 9.76. The molecule has 0 saturated heterocycles. The maximum Gasteiger partial charge on any atom is 0.257 e. The third kappa shape index (κ3) is 2.80. The maximum absolute atomic E-state index is 12.8. The second kappa shape index (κ2) is 6.52. The summed E-state index contributed by atoms with van der Waals surface area (Å²) in [5.74, 6) is 1.19. The van der Waals surface area contributed by atoms with Crippen LogP contribution in [0.5, 0.6) is 0 Å². The number of hydrogen-bond acceptors (Lipinski definition) is 5. The van der Waals surface area contributed by atoms with Crippen molar-refractivity contribution in [1.29, 1.82) is 0 Å². The van der Waals surface area contributed by atoms with E-state index in [1.54, 1.807) is 0 Å². The molecule has 0 bridgehead atoms. The highest BCUT2D eigenvalue weighted by Gasteiger charge is 2.37. The zero-order valence-corrected chi connectivity index (χ0v) is 14.8. The molecule has 6 heteroatoms. The van der Waals surface area contributed by atoms with Gasteiger partial charge in [0, 0.05) is 23.6 Å². The summed E-state index contributed by atoms with van der Waals surface area (Å²) in [7, 11) is 0. The van der Waals surface area contributed by atoms with Crippen LogP contribution in [-0.4, -0.2) is 21.5 Å². The number of anilines is 1. The Morgan fingerprint density at radius 2 is 2.00 bits per heavy atom. The fourth-order valence-corrected chi connectivity index (χ4v) is 4.22. The molecule has 0 spiro atoms. The van der Waals surface area contributed by atoms with Gasteiger partial charge in [0.1, 0.15) is 5.82 Å². The largest absolute Gasteiger partial charge is 0.343 e. The van der Waals surface area contributed by atoms with E-state index in [0.717, 1.165) is 35.4 Å². The Labute approximate surface area is 150 Å². The molecular weight excluding hydrogens is 334 g/mol. The van der Waals surface area contributed by atoms with Crippen LogP contribution in [0.25, 0.3) is 0 Å². The average Bonchev–Trinajstić information content (AvgIpc) is 2.61. The number of allylic oxidation sites excluding steroid dienone is 2. The van der Waals surface area contributed by atoms with Crippen molar-refractivity contribution < 1.29 is 4.79 Å². The number of fused-ring (bicyclic) bond motifs is 1. The fraction of sp³-hybridized carbons (Fsp3) is 0.316. The van der Waals surface area contributed by atoms with Crippen molar-refractivity contribution in [3.05, 3.63) is 63.1 Å². The predicted octanol–water partition coefficient (Wildman–Crippen LogP) is 3.45. The minimum absolute atomic E-state index is 0.125. The van der Waals surface area contributed by atoms with E-state index in [0.29, 0.717) is 23.0 Å². The minimum atomic E-state index is -0.350. The van der Waals surface area contributed by atoms with Crippen LogP contribution in [0.15, 0.2) is 51.6 Å². The highest BCUT2D eigenvalue weighted by Crippen LogP contribution is 2.43. The van der Waals surface area contributed by atoms with Crippen molar-refractivity contribution in [2.24, 2.45) is 0 Å². The number of carbonyl (C=O) groups excluding carboxylic acids is 1. The van der Waals surface area contributed by atoms with Gasteiger partial charge in [-0.15, -0.1) is 0 Å². The van der Waals surface area contributed by atoms with Crippen LogP contribution in [0.1, 0.15) is 43.2 Å². The Balaban J connectivity index is 1.95. The molecule has 128 valence electrons. The van der Waals surface area contributed by atoms with Crippen molar-refractivity contribution in [2.45, 2.75) is 37.3 Å². The first-order chi connectivity index (χ1) is 12.2. The van der Waals surface area contributed by atoms with Gasteiger partial charge in [0.15, 0.2) is 10.9 Å². The number of aromatic amines is 1. The molecule has 1 aliphatic heterocycles. The second-order valence-corrected chi connectivity index (χ2v) is 7.46. The predicted molar refractivity (Wildman–Crippen MR) is 99.0 cm³/mol.